The molecule has 1 aromatic carbocycles. The largest absolute Gasteiger partial charge is 0.457 e. The van der Waals surface area contributed by atoms with E-state index in [1.807, 2.05) is 0 Å². The number of ether oxygens (including phenoxy) is 1. The summed E-state index contributed by atoms with van der Waals surface area (Å²) < 4.78 is 31.6. The molecule has 21 heavy (non-hydrogen) atoms. The molecule has 6 heteroatoms. The zero-order valence-corrected chi connectivity index (χ0v) is 11.2. The second-order valence-corrected chi connectivity index (χ2v) is 4.95. The normalized spacial score (nSPS) is 14.3. The highest BCUT2D eigenvalue weighted by Gasteiger charge is 2.25. The number of halogens is 2. The molecular weight excluding hydrogens is 278 g/mol. The van der Waals surface area contributed by atoms with Crippen molar-refractivity contribution in [3.05, 3.63) is 47.0 Å². The second-order valence-electron chi connectivity index (χ2n) is 4.95. The quantitative estimate of drug-likeness (QED) is 0.919. The van der Waals surface area contributed by atoms with E-state index in [0.717, 1.165) is 6.92 Å². The van der Waals surface area contributed by atoms with Crippen molar-refractivity contribution >= 4 is 22.3 Å². The molecule has 108 valence electrons. The maximum Gasteiger partial charge on any atom is 0.293 e. The lowest BCUT2D eigenvalue weighted by atomic mass is 10.1. The maximum absolute atomic E-state index is 13.2. The van der Waals surface area contributed by atoms with Gasteiger partial charge in [-0.1, -0.05) is 18.2 Å². The number of H-pyrrole nitrogens is 1. The number of benzene rings is 1. The standard InChI is InChI=1S/C15H12F2N2O2/c1-15(16,17)8-9-6-7-21-13-12(18-9)10-4-2-3-5-11(10)19-14(13)20/h2-7H,8H2,1H3,(H,19,20). The highest BCUT2D eigenvalue weighted by atomic mass is 19.3. The number of aromatic nitrogens is 1. The fourth-order valence-corrected chi connectivity index (χ4v) is 2.21. The molecule has 1 aromatic heterocycles. The molecule has 3 rings (SSSR count). The molecule has 0 amide bonds. The number of fused-ring (bicyclic) bond motifs is 3. The van der Waals surface area contributed by atoms with Crippen LogP contribution in [0.3, 0.4) is 0 Å². The summed E-state index contributed by atoms with van der Waals surface area (Å²) in [5, 5.41) is 0.646. The van der Waals surface area contributed by atoms with Gasteiger partial charge < -0.3 is 9.72 Å². The van der Waals surface area contributed by atoms with Crippen molar-refractivity contribution in [3.63, 3.8) is 0 Å². The minimum Gasteiger partial charge on any atom is -0.457 e. The Kier molecular flexibility index (Phi) is 3.08. The first-order valence-corrected chi connectivity index (χ1v) is 6.38. The summed E-state index contributed by atoms with van der Waals surface area (Å²) in [6.07, 6.45) is 2.04. The first-order valence-electron chi connectivity index (χ1n) is 6.38. The summed E-state index contributed by atoms with van der Waals surface area (Å²) in [7, 11) is 0. The van der Waals surface area contributed by atoms with Crippen molar-refractivity contribution in [2.45, 2.75) is 19.3 Å². The molecule has 2 aromatic rings. The van der Waals surface area contributed by atoms with Gasteiger partial charge in [0.25, 0.3) is 11.5 Å². The lowest BCUT2D eigenvalue weighted by Gasteiger charge is -2.10. The Hall–Kier alpha value is -2.50. The van der Waals surface area contributed by atoms with E-state index in [9.17, 15) is 13.6 Å². The minimum atomic E-state index is -2.88. The van der Waals surface area contributed by atoms with Gasteiger partial charge in [-0.15, -0.1) is 0 Å². The van der Waals surface area contributed by atoms with E-state index in [2.05, 4.69) is 9.98 Å². The number of pyridine rings is 1. The van der Waals surface area contributed by atoms with E-state index in [1.165, 1.54) is 12.3 Å². The molecule has 0 bridgehead atoms. The van der Waals surface area contributed by atoms with Crippen LogP contribution in [0.1, 0.15) is 13.3 Å². The number of nitrogens with one attached hydrogen (secondary N) is 1. The maximum atomic E-state index is 13.2. The Morgan fingerprint density at radius 2 is 2.10 bits per heavy atom. The van der Waals surface area contributed by atoms with E-state index in [0.29, 0.717) is 10.9 Å². The van der Waals surface area contributed by atoms with Crippen molar-refractivity contribution in [3.8, 4) is 5.75 Å². The van der Waals surface area contributed by atoms with E-state index in [4.69, 9.17) is 4.74 Å². The smallest absolute Gasteiger partial charge is 0.293 e. The van der Waals surface area contributed by atoms with Crippen LogP contribution in [0.2, 0.25) is 0 Å². The summed E-state index contributed by atoms with van der Waals surface area (Å²) in [5.41, 5.74) is 0.579. The number of aliphatic imine (C=N–C) groups is 1. The number of hydrogen-bond donors (Lipinski definition) is 1. The lowest BCUT2D eigenvalue weighted by molar-refractivity contribution is 0.0305. The van der Waals surface area contributed by atoms with Crippen LogP contribution in [0, 0.1) is 0 Å². The molecule has 4 nitrogen and oxygen atoms in total. The first kappa shape index (κ1) is 13.5. The van der Waals surface area contributed by atoms with Crippen LogP contribution in [0.25, 0.3) is 10.9 Å². The first-order chi connectivity index (χ1) is 9.94. The van der Waals surface area contributed by atoms with E-state index < -0.39 is 17.9 Å². The number of allylic oxidation sites excluding steroid dienone is 1. The van der Waals surface area contributed by atoms with Gasteiger partial charge in [-0.25, -0.2) is 13.8 Å². The highest BCUT2D eigenvalue weighted by molar-refractivity contribution is 6.02. The molecule has 1 N–H and O–H groups in total. The Bertz CT molecular complexity index is 817. The van der Waals surface area contributed by atoms with Gasteiger partial charge in [-0.2, -0.15) is 0 Å². The number of alkyl halides is 2. The van der Waals surface area contributed by atoms with E-state index in [-0.39, 0.29) is 17.1 Å². The van der Waals surface area contributed by atoms with Crippen LogP contribution in [0.5, 0.6) is 5.75 Å². The molecule has 0 saturated carbocycles. The predicted molar refractivity (Wildman–Crippen MR) is 76.7 cm³/mol. The van der Waals surface area contributed by atoms with Crippen molar-refractivity contribution in [1.82, 2.24) is 4.98 Å². The summed E-state index contributed by atoms with van der Waals surface area (Å²) >= 11 is 0. The zero-order chi connectivity index (χ0) is 15.0. The molecule has 0 radical (unpaired) electrons. The van der Waals surface area contributed by atoms with Crippen LogP contribution >= 0.6 is 0 Å². The van der Waals surface area contributed by atoms with Crippen LogP contribution in [0.4, 0.5) is 14.5 Å². The minimum absolute atomic E-state index is 0.0133. The van der Waals surface area contributed by atoms with Crippen molar-refractivity contribution in [1.29, 1.82) is 0 Å². The summed E-state index contributed by atoms with van der Waals surface area (Å²) in [5.74, 6) is -2.87. The molecule has 0 unspecified atom stereocenters. The molecular formula is C15H12F2N2O2. The predicted octanol–water partition coefficient (Wildman–Crippen LogP) is 3.55. The van der Waals surface area contributed by atoms with Crippen LogP contribution in [-0.4, -0.2) is 16.6 Å². The van der Waals surface area contributed by atoms with E-state index in [1.54, 1.807) is 24.3 Å². The van der Waals surface area contributed by atoms with Gasteiger partial charge >= 0.3 is 0 Å². The summed E-state index contributed by atoms with van der Waals surface area (Å²) in [4.78, 5) is 18.9. The van der Waals surface area contributed by atoms with Gasteiger partial charge in [0.15, 0.2) is 0 Å². The van der Waals surface area contributed by atoms with Gasteiger partial charge in [-0.05, 0) is 19.1 Å². The van der Waals surface area contributed by atoms with Crippen LogP contribution in [-0.2, 0) is 0 Å². The van der Waals surface area contributed by atoms with Crippen LogP contribution in [0.15, 0.2) is 46.4 Å². The average molecular weight is 290 g/mol. The third-order valence-electron chi connectivity index (χ3n) is 3.04. The van der Waals surface area contributed by atoms with Gasteiger partial charge in [-0.3, -0.25) is 4.79 Å². The second kappa shape index (κ2) is 4.80. The number of rotatable bonds is 2. The van der Waals surface area contributed by atoms with Crippen molar-refractivity contribution in [2.75, 3.05) is 0 Å². The SMILES string of the molecule is CC(F)(F)CC1=Nc2c(c(=O)[nH]c3ccccc23)OC=C1. The Morgan fingerprint density at radius 1 is 1.33 bits per heavy atom. The van der Waals surface area contributed by atoms with Crippen molar-refractivity contribution in [2.24, 2.45) is 4.99 Å². The molecule has 1 aliphatic rings. The number of aromatic amines is 1. The fourth-order valence-electron chi connectivity index (χ4n) is 2.21. The van der Waals surface area contributed by atoms with Crippen molar-refractivity contribution < 1.29 is 13.5 Å². The molecule has 2 heterocycles. The molecule has 1 aliphatic heterocycles. The van der Waals surface area contributed by atoms with Gasteiger partial charge in [0, 0.05) is 5.39 Å². The lowest BCUT2D eigenvalue weighted by Crippen LogP contribution is -2.14. The average Bonchev–Trinajstić information content (AvgIpc) is 2.60. The van der Waals surface area contributed by atoms with Gasteiger partial charge in [0.2, 0.25) is 5.75 Å². The number of hydrogen-bond acceptors (Lipinski definition) is 3. The summed E-state index contributed by atoms with van der Waals surface area (Å²) in [6, 6.07) is 7.02. The third kappa shape index (κ3) is 2.69. The Labute approximate surface area is 118 Å². The zero-order valence-electron chi connectivity index (χ0n) is 11.2. The molecule has 0 atom stereocenters. The monoisotopic (exact) mass is 290 g/mol. The van der Waals surface area contributed by atoms with Gasteiger partial charge in [0.05, 0.1) is 23.9 Å². The summed E-state index contributed by atoms with van der Waals surface area (Å²) in [6.45, 7) is 0.825. The van der Waals surface area contributed by atoms with Crippen LogP contribution < -0.4 is 10.3 Å². The molecule has 0 spiro atoms. The van der Waals surface area contributed by atoms with Gasteiger partial charge in [0.1, 0.15) is 5.69 Å². The number of nitrogens with zero attached hydrogens (tertiary/aromatic N) is 1. The Morgan fingerprint density at radius 3 is 2.86 bits per heavy atom. The number of para-hydroxylation sites is 1. The molecule has 0 saturated heterocycles. The van der Waals surface area contributed by atoms with E-state index >= 15 is 0 Å². The fraction of sp³-hybridized carbons (Fsp3) is 0.200. The highest BCUT2D eigenvalue weighted by Crippen LogP contribution is 2.34. The molecule has 0 fully saturated rings. The Balaban J connectivity index is 2.24. The molecule has 0 aliphatic carbocycles. The third-order valence-corrected chi connectivity index (χ3v) is 3.04. The topological polar surface area (TPSA) is 54.5 Å².